The number of methoxy groups -OCH3 is 2. The average Bonchev–Trinajstić information content (AvgIpc) is 3.12. The van der Waals surface area contributed by atoms with Crippen molar-refractivity contribution in [3.05, 3.63) is 42.0 Å². The minimum Gasteiger partial charge on any atom is -0.497 e. The zero-order chi connectivity index (χ0) is 18.4. The Kier molecular flexibility index (Phi) is 4.29. The molecule has 6 heteroatoms. The van der Waals surface area contributed by atoms with E-state index >= 15 is 0 Å². The van der Waals surface area contributed by atoms with Gasteiger partial charge in [-0.15, -0.1) is 0 Å². The van der Waals surface area contributed by atoms with Crippen molar-refractivity contribution in [2.75, 3.05) is 27.4 Å². The van der Waals surface area contributed by atoms with Crippen molar-refractivity contribution in [2.24, 2.45) is 17.3 Å². The maximum absolute atomic E-state index is 13.0. The molecule has 140 valence electrons. The lowest BCUT2D eigenvalue weighted by atomic mass is 9.60. The van der Waals surface area contributed by atoms with Crippen LogP contribution in [0.1, 0.15) is 12.0 Å². The van der Waals surface area contributed by atoms with Crippen molar-refractivity contribution in [3.8, 4) is 5.75 Å². The lowest BCUT2D eigenvalue weighted by molar-refractivity contribution is -0.201. The Labute approximate surface area is 152 Å². The van der Waals surface area contributed by atoms with E-state index in [0.717, 1.165) is 11.3 Å². The number of ether oxygens (including phenoxy) is 4. The van der Waals surface area contributed by atoms with Crippen LogP contribution in [0, 0.1) is 17.3 Å². The highest BCUT2D eigenvalue weighted by Crippen LogP contribution is 2.61. The van der Waals surface area contributed by atoms with Crippen LogP contribution in [0.15, 0.2) is 36.4 Å². The van der Waals surface area contributed by atoms with Crippen LogP contribution in [0.3, 0.4) is 0 Å². The highest BCUT2D eigenvalue weighted by molar-refractivity contribution is 5.82. The van der Waals surface area contributed by atoms with E-state index in [0.29, 0.717) is 19.4 Å². The first-order valence-corrected chi connectivity index (χ1v) is 8.92. The third-order valence-electron chi connectivity index (χ3n) is 6.03. The molecule has 0 amide bonds. The number of carbonyl (C=O) groups is 1. The molecular weight excluding hydrogens is 336 g/mol. The summed E-state index contributed by atoms with van der Waals surface area (Å²) in [7, 11) is 3.20. The summed E-state index contributed by atoms with van der Waals surface area (Å²) in [5.74, 6) is -0.774. The number of esters is 1. The van der Waals surface area contributed by atoms with Crippen molar-refractivity contribution >= 4 is 5.97 Å². The molecule has 6 nitrogen and oxygen atoms in total. The molecule has 2 saturated heterocycles. The van der Waals surface area contributed by atoms with Crippen LogP contribution in [0.25, 0.3) is 0 Å². The average molecular weight is 360 g/mol. The minimum absolute atomic E-state index is 0.0602. The molecule has 26 heavy (non-hydrogen) atoms. The fourth-order valence-electron chi connectivity index (χ4n) is 5.01. The first-order chi connectivity index (χ1) is 12.6. The van der Waals surface area contributed by atoms with Crippen LogP contribution in [0.2, 0.25) is 0 Å². The van der Waals surface area contributed by atoms with Gasteiger partial charge in [-0.25, -0.2) is 0 Å². The Morgan fingerprint density at radius 1 is 1.31 bits per heavy atom. The Balaban J connectivity index is 1.76. The highest BCUT2D eigenvalue weighted by atomic mass is 16.7. The molecule has 1 aromatic carbocycles. The van der Waals surface area contributed by atoms with Crippen molar-refractivity contribution < 1.29 is 28.8 Å². The molecule has 2 aliphatic heterocycles. The molecule has 3 aliphatic rings. The number of benzene rings is 1. The first-order valence-electron chi connectivity index (χ1n) is 8.92. The molecule has 5 atom stereocenters. The predicted octanol–water partition coefficient (Wildman–Crippen LogP) is 1.71. The van der Waals surface area contributed by atoms with E-state index in [4.69, 9.17) is 18.9 Å². The van der Waals surface area contributed by atoms with Gasteiger partial charge in [-0.2, -0.15) is 0 Å². The van der Waals surface area contributed by atoms with Gasteiger partial charge in [-0.1, -0.05) is 24.3 Å². The zero-order valence-corrected chi connectivity index (χ0v) is 15.0. The second-order valence-electron chi connectivity index (χ2n) is 7.24. The third-order valence-corrected chi connectivity index (χ3v) is 6.03. The molecule has 0 unspecified atom stereocenters. The molecule has 1 aromatic rings. The summed E-state index contributed by atoms with van der Waals surface area (Å²) >= 11 is 0. The second-order valence-corrected chi connectivity index (χ2v) is 7.24. The van der Waals surface area contributed by atoms with Gasteiger partial charge in [0, 0.05) is 26.1 Å². The summed E-state index contributed by atoms with van der Waals surface area (Å²) in [5, 5.41) is 9.68. The second kappa shape index (κ2) is 6.37. The number of rotatable bonds is 6. The number of aliphatic hydroxyl groups excluding tert-OH is 1. The molecule has 0 saturated carbocycles. The minimum atomic E-state index is -1.04. The molecule has 1 N–H and O–H groups in total. The van der Waals surface area contributed by atoms with E-state index in [1.807, 2.05) is 30.3 Å². The maximum atomic E-state index is 13.0. The first kappa shape index (κ1) is 17.5. The van der Waals surface area contributed by atoms with Crippen molar-refractivity contribution in [1.29, 1.82) is 0 Å². The van der Waals surface area contributed by atoms with Crippen molar-refractivity contribution in [1.82, 2.24) is 0 Å². The zero-order valence-electron chi connectivity index (χ0n) is 15.0. The number of hydrogen-bond donors (Lipinski definition) is 1. The summed E-state index contributed by atoms with van der Waals surface area (Å²) in [4.78, 5) is 13.0. The van der Waals surface area contributed by atoms with Gasteiger partial charge in [0.15, 0.2) is 0 Å². The molecule has 0 aromatic heterocycles. The van der Waals surface area contributed by atoms with Crippen molar-refractivity contribution in [2.45, 2.75) is 24.7 Å². The Hall–Kier alpha value is -1.89. The van der Waals surface area contributed by atoms with Gasteiger partial charge in [-0.3, -0.25) is 4.79 Å². The predicted molar refractivity (Wildman–Crippen MR) is 92.5 cm³/mol. The summed E-state index contributed by atoms with van der Waals surface area (Å²) in [6.45, 7) is 0.378. The monoisotopic (exact) mass is 360 g/mol. The SMILES string of the molecule is COc1cccc(C[C@]23OC[C@@H]4C=C[C@H](OC)[C@](CCO)(C(=O)O2)[C@@H]43)c1. The summed E-state index contributed by atoms with van der Waals surface area (Å²) in [6, 6.07) is 7.69. The Morgan fingerprint density at radius 2 is 2.15 bits per heavy atom. The summed E-state index contributed by atoms with van der Waals surface area (Å²) in [5.41, 5.74) is 0.0549. The van der Waals surface area contributed by atoms with Crippen LogP contribution in [-0.4, -0.2) is 50.4 Å². The fraction of sp³-hybridized carbons (Fsp3) is 0.550. The van der Waals surface area contributed by atoms with E-state index in [9.17, 15) is 9.90 Å². The van der Waals surface area contributed by atoms with Crippen LogP contribution >= 0.6 is 0 Å². The van der Waals surface area contributed by atoms with Gasteiger partial charge in [0.2, 0.25) is 5.79 Å². The molecule has 1 aliphatic carbocycles. The molecule has 4 rings (SSSR count). The van der Waals surface area contributed by atoms with E-state index in [1.54, 1.807) is 14.2 Å². The molecular formula is C20H24O6. The molecule has 0 bridgehead atoms. The van der Waals surface area contributed by atoms with Gasteiger partial charge in [0.05, 0.1) is 25.7 Å². The smallest absolute Gasteiger partial charge is 0.318 e. The van der Waals surface area contributed by atoms with E-state index in [-0.39, 0.29) is 24.4 Å². The lowest BCUT2D eigenvalue weighted by Crippen LogP contribution is -2.51. The van der Waals surface area contributed by atoms with Crippen molar-refractivity contribution in [3.63, 3.8) is 0 Å². The van der Waals surface area contributed by atoms with E-state index in [1.165, 1.54) is 0 Å². The number of carbonyl (C=O) groups excluding carboxylic acids is 1. The van der Waals surface area contributed by atoms with Crippen LogP contribution in [-0.2, 0) is 25.4 Å². The standard InChI is InChI=1S/C20H24O6/c1-23-15-5-3-4-13(10-15)11-20-17-14(12-25-20)6-7-16(24-2)19(17,8-9-21)18(22)26-20/h3-7,10,14,16-17,21H,8-9,11-12H2,1-2H3/t14-,16-,17+,19-,20-/m0/s1. The van der Waals surface area contributed by atoms with E-state index < -0.39 is 17.3 Å². The largest absolute Gasteiger partial charge is 0.497 e. The summed E-state index contributed by atoms with van der Waals surface area (Å²) < 4.78 is 23.0. The lowest BCUT2D eigenvalue weighted by Gasteiger charge is -2.41. The normalized spacial score (nSPS) is 37.5. The van der Waals surface area contributed by atoms with Gasteiger partial charge >= 0.3 is 5.97 Å². The van der Waals surface area contributed by atoms with Crippen LogP contribution in [0.5, 0.6) is 5.75 Å². The van der Waals surface area contributed by atoms with Gasteiger partial charge < -0.3 is 24.1 Å². The third kappa shape index (κ3) is 2.32. The van der Waals surface area contributed by atoms with Gasteiger partial charge in [0.1, 0.15) is 11.2 Å². The molecule has 2 fully saturated rings. The molecule has 0 radical (unpaired) electrons. The highest BCUT2D eigenvalue weighted by Gasteiger charge is 2.73. The Bertz CT molecular complexity index is 731. The van der Waals surface area contributed by atoms with Crippen LogP contribution < -0.4 is 4.74 Å². The number of aliphatic hydroxyl groups is 1. The fourth-order valence-corrected chi connectivity index (χ4v) is 5.01. The van der Waals surface area contributed by atoms with Gasteiger partial charge in [0.25, 0.3) is 0 Å². The topological polar surface area (TPSA) is 74.2 Å². The van der Waals surface area contributed by atoms with Crippen LogP contribution in [0.4, 0.5) is 0 Å². The maximum Gasteiger partial charge on any atom is 0.318 e. The molecule has 2 heterocycles. The summed E-state index contributed by atoms with van der Waals surface area (Å²) in [6.07, 6.45) is 4.27. The molecule has 0 spiro atoms. The number of hydrogen-bond acceptors (Lipinski definition) is 6. The van der Waals surface area contributed by atoms with E-state index in [2.05, 4.69) is 6.08 Å². The Morgan fingerprint density at radius 3 is 2.88 bits per heavy atom. The quantitative estimate of drug-likeness (QED) is 0.615. The van der Waals surface area contributed by atoms with Gasteiger partial charge in [-0.05, 0) is 24.1 Å².